The van der Waals surface area contributed by atoms with Crippen LogP contribution in [0.25, 0.3) is 0 Å². The Labute approximate surface area is 213 Å². The van der Waals surface area contributed by atoms with Gasteiger partial charge in [0.1, 0.15) is 22.6 Å². The predicted octanol–water partition coefficient (Wildman–Crippen LogP) is 7.14. The van der Waals surface area contributed by atoms with Gasteiger partial charge < -0.3 is 24.8 Å². The van der Waals surface area contributed by atoms with Crippen LogP contribution in [0.1, 0.15) is 81.5 Å². The molecule has 198 valence electrons. The molecule has 0 unspecified atom stereocenters. The Bertz CT molecular complexity index is 825. The molecule has 0 aromatic heterocycles. The lowest BCUT2D eigenvalue weighted by Crippen LogP contribution is -2.04. The van der Waals surface area contributed by atoms with Crippen LogP contribution in [0.15, 0.2) is 42.5 Å². The summed E-state index contributed by atoms with van der Waals surface area (Å²) in [5.41, 5.74) is 0.256. The van der Waals surface area contributed by atoms with Crippen LogP contribution in [0, 0.1) is 0 Å². The van der Waals surface area contributed by atoms with Crippen LogP contribution >= 0.6 is 11.6 Å². The van der Waals surface area contributed by atoms with Gasteiger partial charge in [0, 0.05) is 0 Å². The highest BCUT2D eigenvalue weighted by Crippen LogP contribution is 2.26. The molecule has 2 aromatic rings. The molecule has 8 nitrogen and oxygen atoms in total. The van der Waals surface area contributed by atoms with Gasteiger partial charge in [-0.2, -0.15) is 0 Å². The summed E-state index contributed by atoms with van der Waals surface area (Å²) in [4.78, 5) is 30.0. The van der Waals surface area contributed by atoms with Crippen LogP contribution < -0.4 is 9.47 Å². The van der Waals surface area contributed by atoms with E-state index >= 15 is 0 Å². The van der Waals surface area contributed by atoms with Gasteiger partial charge in [-0.15, -0.1) is 0 Å². The highest BCUT2D eigenvalue weighted by molar-refractivity contribution is 6.33. The van der Waals surface area contributed by atoms with Gasteiger partial charge in [0.25, 0.3) is 6.47 Å². The lowest BCUT2D eigenvalue weighted by molar-refractivity contribution is -0.122. The molecular formula is C26H39ClO8. The number of hydrogen-bond acceptors (Lipinski definition) is 5. The van der Waals surface area contributed by atoms with Crippen molar-refractivity contribution in [2.75, 3.05) is 13.2 Å². The van der Waals surface area contributed by atoms with E-state index in [1.807, 2.05) is 41.5 Å². The van der Waals surface area contributed by atoms with E-state index in [9.17, 15) is 9.59 Å². The van der Waals surface area contributed by atoms with Gasteiger partial charge in [0.15, 0.2) is 0 Å². The van der Waals surface area contributed by atoms with Crippen molar-refractivity contribution < 1.29 is 39.2 Å². The number of benzene rings is 2. The molecule has 3 N–H and O–H groups in total. The van der Waals surface area contributed by atoms with E-state index in [1.54, 1.807) is 30.3 Å². The molecule has 0 spiro atoms. The fourth-order valence-electron chi connectivity index (χ4n) is 2.14. The third-order valence-corrected chi connectivity index (χ3v) is 3.84. The molecule has 0 aliphatic carbocycles. The molecule has 2 rings (SSSR count). The number of hydrogen-bond donors (Lipinski definition) is 3. The van der Waals surface area contributed by atoms with Crippen molar-refractivity contribution in [3.63, 3.8) is 0 Å². The smallest absolute Gasteiger partial charge is 0.341 e. The quantitative estimate of drug-likeness (QED) is 0.237. The number of halogens is 1. The van der Waals surface area contributed by atoms with Crippen molar-refractivity contribution in [1.29, 1.82) is 0 Å². The Morgan fingerprint density at radius 2 is 1.34 bits per heavy atom. The zero-order valence-corrected chi connectivity index (χ0v) is 22.2. The SMILES string of the molecule is CC.CC.CCCCOc1cccc(Cl)c1C(=O)O.CCCOc1ccccc1C(=O)O.O=CO. The van der Waals surface area contributed by atoms with E-state index in [-0.39, 0.29) is 22.6 Å². The molecule has 0 amide bonds. The van der Waals surface area contributed by atoms with Crippen LogP contribution in [0.2, 0.25) is 5.02 Å². The summed E-state index contributed by atoms with van der Waals surface area (Å²) in [6, 6.07) is 11.5. The third kappa shape index (κ3) is 16.9. The number of carboxylic acids is 2. The van der Waals surface area contributed by atoms with E-state index in [0.29, 0.717) is 24.7 Å². The van der Waals surface area contributed by atoms with Crippen molar-refractivity contribution in [3.8, 4) is 11.5 Å². The van der Waals surface area contributed by atoms with Crippen LogP contribution in [-0.4, -0.2) is 46.9 Å². The maximum atomic E-state index is 10.9. The van der Waals surface area contributed by atoms with Crippen molar-refractivity contribution in [2.45, 2.75) is 60.8 Å². The molecule has 0 saturated carbocycles. The molecule has 0 atom stereocenters. The minimum Gasteiger partial charge on any atom is -0.493 e. The molecule has 0 bridgehead atoms. The first-order valence-electron chi connectivity index (χ1n) is 11.5. The normalized spacial score (nSPS) is 8.54. The standard InChI is InChI=1S/C11H13ClO3.C10H12O3.2C2H6.CH2O2/c1-2-3-7-15-9-6-4-5-8(12)10(9)11(13)14;1-2-7-13-9-6-4-3-5-8(9)10(11)12;2*1-2;2-1-3/h4-6H,2-3,7H2,1H3,(H,13,14);3-6H,2,7H2,1H3,(H,11,12);2*1-2H3;1H,(H,2,3). The maximum absolute atomic E-state index is 10.9. The second-order valence-corrected chi connectivity index (χ2v) is 6.28. The largest absolute Gasteiger partial charge is 0.493 e. The van der Waals surface area contributed by atoms with E-state index in [1.165, 1.54) is 12.1 Å². The first-order valence-corrected chi connectivity index (χ1v) is 11.9. The van der Waals surface area contributed by atoms with Gasteiger partial charge in [0.2, 0.25) is 0 Å². The summed E-state index contributed by atoms with van der Waals surface area (Å²) in [6.45, 7) is 12.8. The van der Waals surface area contributed by atoms with Gasteiger partial charge in [-0.25, -0.2) is 9.59 Å². The average molecular weight is 515 g/mol. The maximum Gasteiger partial charge on any atom is 0.341 e. The average Bonchev–Trinajstić information content (AvgIpc) is 2.86. The second kappa shape index (κ2) is 25.4. The van der Waals surface area contributed by atoms with E-state index < -0.39 is 11.9 Å². The lowest BCUT2D eigenvalue weighted by Gasteiger charge is -2.09. The Balaban J connectivity index is -0.000000468. The van der Waals surface area contributed by atoms with Crippen LogP contribution in [0.4, 0.5) is 0 Å². The first kappa shape index (κ1) is 36.3. The monoisotopic (exact) mass is 514 g/mol. The summed E-state index contributed by atoms with van der Waals surface area (Å²) in [5.74, 6) is -1.24. The Hall–Kier alpha value is -3.26. The Morgan fingerprint density at radius 3 is 1.83 bits per heavy atom. The fraction of sp³-hybridized carbons (Fsp3) is 0.423. The molecule has 0 heterocycles. The summed E-state index contributed by atoms with van der Waals surface area (Å²) in [5, 5.41) is 24.8. The van der Waals surface area contributed by atoms with Crippen LogP contribution in [0.3, 0.4) is 0 Å². The minimum atomic E-state index is -1.06. The molecule has 0 fully saturated rings. The summed E-state index contributed by atoms with van der Waals surface area (Å²) in [6.07, 6.45) is 2.77. The van der Waals surface area contributed by atoms with E-state index in [2.05, 4.69) is 0 Å². The number of ether oxygens (including phenoxy) is 2. The lowest BCUT2D eigenvalue weighted by atomic mass is 10.2. The number of rotatable bonds is 9. The van der Waals surface area contributed by atoms with Crippen molar-refractivity contribution in [3.05, 3.63) is 58.6 Å². The highest BCUT2D eigenvalue weighted by Gasteiger charge is 2.15. The molecule has 0 radical (unpaired) electrons. The number of carboxylic acid groups (broad SMARTS) is 3. The number of para-hydroxylation sites is 1. The number of unbranched alkanes of at least 4 members (excludes halogenated alkanes) is 1. The summed E-state index contributed by atoms with van der Waals surface area (Å²) < 4.78 is 10.6. The summed E-state index contributed by atoms with van der Waals surface area (Å²) >= 11 is 5.78. The van der Waals surface area contributed by atoms with Gasteiger partial charge in [-0.1, -0.05) is 77.8 Å². The molecule has 0 aliphatic rings. The predicted molar refractivity (Wildman–Crippen MR) is 139 cm³/mol. The van der Waals surface area contributed by atoms with Crippen molar-refractivity contribution in [2.24, 2.45) is 0 Å². The Kier molecular flexibility index (Phi) is 26.3. The van der Waals surface area contributed by atoms with Crippen LogP contribution in [-0.2, 0) is 4.79 Å². The molecular weight excluding hydrogens is 476 g/mol. The van der Waals surface area contributed by atoms with E-state index in [0.717, 1.165) is 19.3 Å². The van der Waals surface area contributed by atoms with Crippen LogP contribution in [0.5, 0.6) is 11.5 Å². The second-order valence-electron chi connectivity index (χ2n) is 5.88. The molecule has 9 heteroatoms. The zero-order valence-electron chi connectivity index (χ0n) is 21.4. The van der Waals surface area contributed by atoms with Gasteiger partial charge in [0.05, 0.1) is 18.2 Å². The first-order chi connectivity index (χ1) is 16.8. The number of aromatic carboxylic acids is 2. The van der Waals surface area contributed by atoms with Crippen molar-refractivity contribution in [1.82, 2.24) is 0 Å². The zero-order chi connectivity index (χ0) is 27.6. The van der Waals surface area contributed by atoms with Gasteiger partial charge >= 0.3 is 11.9 Å². The molecule has 2 aromatic carbocycles. The topological polar surface area (TPSA) is 130 Å². The minimum absolute atomic E-state index is 0.0373. The van der Waals surface area contributed by atoms with E-state index in [4.69, 9.17) is 41.2 Å². The Morgan fingerprint density at radius 1 is 0.829 bits per heavy atom. The third-order valence-electron chi connectivity index (χ3n) is 3.52. The van der Waals surface area contributed by atoms with Gasteiger partial charge in [-0.05, 0) is 37.1 Å². The van der Waals surface area contributed by atoms with Crippen molar-refractivity contribution >= 4 is 30.0 Å². The number of carbonyl (C=O) groups is 3. The molecule has 0 saturated heterocycles. The highest BCUT2D eigenvalue weighted by atomic mass is 35.5. The summed E-state index contributed by atoms with van der Waals surface area (Å²) in [7, 11) is 0. The molecule has 35 heavy (non-hydrogen) atoms. The molecule has 0 aliphatic heterocycles. The van der Waals surface area contributed by atoms with Gasteiger partial charge in [-0.3, -0.25) is 4.79 Å². The fourth-order valence-corrected chi connectivity index (χ4v) is 2.39.